The molecule has 0 aliphatic heterocycles. The fourth-order valence-corrected chi connectivity index (χ4v) is 2.66. The Labute approximate surface area is 116 Å². The first-order valence-corrected chi connectivity index (χ1v) is 7.38. The lowest BCUT2D eigenvalue weighted by molar-refractivity contribution is 0.370. The summed E-state index contributed by atoms with van der Waals surface area (Å²) in [5.74, 6) is 1.25. The molecule has 19 heavy (non-hydrogen) atoms. The Morgan fingerprint density at radius 3 is 2.32 bits per heavy atom. The zero-order valence-corrected chi connectivity index (χ0v) is 12.5. The van der Waals surface area contributed by atoms with E-state index in [4.69, 9.17) is 0 Å². The fraction of sp³-hybridized carbons (Fsp3) is 0.733. The number of rotatable bonds is 4. The number of hydrogen-bond acceptors (Lipinski definition) is 4. The van der Waals surface area contributed by atoms with E-state index in [0.29, 0.717) is 18.0 Å². The van der Waals surface area contributed by atoms with Gasteiger partial charge in [0.05, 0.1) is 0 Å². The lowest BCUT2D eigenvalue weighted by Gasteiger charge is -2.29. The maximum Gasteiger partial charge on any atom is 0.223 e. The minimum absolute atomic E-state index is 0.447. The molecule has 2 rings (SSSR count). The van der Waals surface area contributed by atoms with E-state index in [1.54, 1.807) is 0 Å². The van der Waals surface area contributed by atoms with Crippen LogP contribution in [0.4, 0.5) is 5.95 Å². The summed E-state index contributed by atoms with van der Waals surface area (Å²) in [6.45, 7) is 6.38. The molecule has 0 bridgehead atoms. The van der Waals surface area contributed by atoms with Crippen LogP contribution in [0.3, 0.4) is 0 Å². The third-order valence-corrected chi connectivity index (χ3v) is 3.93. The molecule has 0 radical (unpaired) electrons. The zero-order chi connectivity index (χ0) is 13.8. The van der Waals surface area contributed by atoms with Crippen LogP contribution in [-0.4, -0.2) is 29.1 Å². The van der Waals surface area contributed by atoms with E-state index in [-0.39, 0.29) is 0 Å². The van der Waals surface area contributed by atoms with Gasteiger partial charge in [0.1, 0.15) is 0 Å². The number of anilines is 1. The molecule has 0 atom stereocenters. The average Bonchev–Trinajstić information content (AvgIpc) is 2.39. The molecule has 1 saturated carbocycles. The van der Waals surface area contributed by atoms with Gasteiger partial charge in [-0.15, -0.1) is 0 Å². The first-order valence-electron chi connectivity index (χ1n) is 7.38. The van der Waals surface area contributed by atoms with Crippen molar-refractivity contribution in [3.05, 3.63) is 17.5 Å². The fourth-order valence-electron chi connectivity index (χ4n) is 2.66. The molecular formula is C15H26N4. The Balaban J connectivity index is 1.99. The first kappa shape index (κ1) is 14.3. The molecule has 1 fully saturated rings. The van der Waals surface area contributed by atoms with E-state index in [1.807, 2.05) is 6.92 Å². The Kier molecular flexibility index (Phi) is 4.75. The van der Waals surface area contributed by atoms with Crippen LogP contribution in [-0.2, 0) is 0 Å². The predicted molar refractivity (Wildman–Crippen MR) is 79.6 cm³/mol. The summed E-state index contributed by atoms with van der Waals surface area (Å²) in [7, 11) is 2.05. The van der Waals surface area contributed by atoms with Gasteiger partial charge in [-0.1, -0.05) is 13.8 Å². The van der Waals surface area contributed by atoms with Gasteiger partial charge < -0.3 is 10.6 Å². The van der Waals surface area contributed by atoms with Crippen LogP contribution in [0.1, 0.15) is 56.8 Å². The Morgan fingerprint density at radius 1 is 1.11 bits per heavy atom. The average molecular weight is 262 g/mol. The molecule has 0 unspecified atom stereocenters. The second kappa shape index (κ2) is 6.33. The van der Waals surface area contributed by atoms with Gasteiger partial charge in [0.15, 0.2) is 0 Å². The van der Waals surface area contributed by atoms with Crippen molar-refractivity contribution >= 4 is 5.95 Å². The van der Waals surface area contributed by atoms with E-state index in [9.17, 15) is 0 Å². The third kappa shape index (κ3) is 3.90. The summed E-state index contributed by atoms with van der Waals surface area (Å²) in [5, 5.41) is 6.87. The Bertz CT molecular complexity index is 409. The van der Waals surface area contributed by atoms with Crippen LogP contribution in [0.5, 0.6) is 0 Å². The smallest absolute Gasteiger partial charge is 0.223 e. The van der Waals surface area contributed by atoms with Gasteiger partial charge in [0, 0.05) is 23.5 Å². The van der Waals surface area contributed by atoms with Crippen molar-refractivity contribution in [3.8, 4) is 0 Å². The van der Waals surface area contributed by atoms with Crippen LogP contribution in [0.15, 0.2) is 6.07 Å². The second-order valence-corrected chi connectivity index (χ2v) is 5.89. The van der Waals surface area contributed by atoms with Crippen molar-refractivity contribution in [2.45, 2.75) is 64.5 Å². The van der Waals surface area contributed by atoms with Crippen molar-refractivity contribution in [2.24, 2.45) is 0 Å². The van der Waals surface area contributed by atoms with Crippen LogP contribution < -0.4 is 10.6 Å². The normalized spacial score (nSPS) is 23.6. The van der Waals surface area contributed by atoms with Crippen LogP contribution in [0.25, 0.3) is 0 Å². The van der Waals surface area contributed by atoms with Crippen molar-refractivity contribution < 1.29 is 0 Å². The quantitative estimate of drug-likeness (QED) is 0.876. The minimum Gasteiger partial charge on any atom is -0.351 e. The summed E-state index contributed by atoms with van der Waals surface area (Å²) < 4.78 is 0. The second-order valence-electron chi connectivity index (χ2n) is 5.89. The molecule has 4 nitrogen and oxygen atoms in total. The highest BCUT2D eigenvalue weighted by Crippen LogP contribution is 2.22. The predicted octanol–water partition coefficient (Wildman–Crippen LogP) is 2.85. The standard InChI is InChI=1S/C15H26N4/c1-10(2)14-9-11(3)17-15(19-14)18-13-7-5-12(16-4)6-8-13/h9-10,12-13,16H,5-8H2,1-4H3,(H,17,18,19). The molecule has 2 N–H and O–H groups in total. The van der Waals surface area contributed by atoms with Gasteiger partial charge in [0.2, 0.25) is 5.95 Å². The van der Waals surface area contributed by atoms with E-state index in [2.05, 4.69) is 47.6 Å². The van der Waals surface area contributed by atoms with E-state index >= 15 is 0 Å². The molecule has 1 aromatic heterocycles. The molecule has 106 valence electrons. The lowest BCUT2D eigenvalue weighted by Crippen LogP contribution is -2.35. The Hall–Kier alpha value is -1.16. The van der Waals surface area contributed by atoms with E-state index in [0.717, 1.165) is 17.3 Å². The summed E-state index contributed by atoms with van der Waals surface area (Å²) in [6, 6.07) is 3.28. The van der Waals surface area contributed by atoms with E-state index < -0.39 is 0 Å². The number of aryl methyl sites for hydroxylation is 1. The molecule has 0 saturated heterocycles. The van der Waals surface area contributed by atoms with Crippen LogP contribution in [0, 0.1) is 6.92 Å². The van der Waals surface area contributed by atoms with Crippen molar-refractivity contribution in [1.29, 1.82) is 0 Å². The molecule has 1 heterocycles. The molecule has 0 spiro atoms. The maximum atomic E-state index is 4.63. The SMILES string of the molecule is CNC1CCC(Nc2nc(C)cc(C(C)C)n2)CC1. The molecule has 4 heteroatoms. The van der Waals surface area contributed by atoms with Crippen LogP contribution in [0.2, 0.25) is 0 Å². The molecule has 1 aliphatic carbocycles. The lowest BCUT2D eigenvalue weighted by atomic mass is 9.91. The van der Waals surface area contributed by atoms with Gasteiger partial charge in [-0.25, -0.2) is 9.97 Å². The van der Waals surface area contributed by atoms with E-state index in [1.165, 1.54) is 25.7 Å². The number of hydrogen-bond donors (Lipinski definition) is 2. The van der Waals surface area contributed by atoms with Crippen molar-refractivity contribution in [2.75, 3.05) is 12.4 Å². The minimum atomic E-state index is 0.447. The highest BCUT2D eigenvalue weighted by atomic mass is 15.1. The summed E-state index contributed by atoms with van der Waals surface area (Å²) >= 11 is 0. The van der Waals surface area contributed by atoms with Crippen LogP contribution >= 0.6 is 0 Å². The summed E-state index contributed by atoms with van der Waals surface area (Å²) in [5.41, 5.74) is 2.17. The van der Waals surface area contributed by atoms with Gasteiger partial charge >= 0.3 is 0 Å². The van der Waals surface area contributed by atoms with Gasteiger partial charge in [-0.3, -0.25) is 0 Å². The topological polar surface area (TPSA) is 49.8 Å². The third-order valence-electron chi connectivity index (χ3n) is 3.93. The number of aromatic nitrogens is 2. The molecule has 1 aromatic rings. The zero-order valence-electron chi connectivity index (χ0n) is 12.5. The van der Waals surface area contributed by atoms with Gasteiger partial charge in [0.25, 0.3) is 0 Å². The number of nitrogens with one attached hydrogen (secondary N) is 2. The largest absolute Gasteiger partial charge is 0.351 e. The van der Waals surface area contributed by atoms with Gasteiger partial charge in [-0.05, 0) is 51.6 Å². The highest BCUT2D eigenvalue weighted by Gasteiger charge is 2.20. The summed E-state index contributed by atoms with van der Waals surface area (Å²) in [6.07, 6.45) is 4.85. The monoisotopic (exact) mass is 262 g/mol. The summed E-state index contributed by atoms with van der Waals surface area (Å²) in [4.78, 5) is 9.14. The first-order chi connectivity index (χ1) is 9.08. The van der Waals surface area contributed by atoms with Gasteiger partial charge in [-0.2, -0.15) is 0 Å². The maximum absolute atomic E-state index is 4.63. The Morgan fingerprint density at radius 2 is 1.74 bits per heavy atom. The molecule has 0 aromatic carbocycles. The molecule has 0 amide bonds. The van der Waals surface area contributed by atoms with Crippen molar-refractivity contribution in [3.63, 3.8) is 0 Å². The molecule has 1 aliphatic rings. The van der Waals surface area contributed by atoms with Crippen molar-refractivity contribution in [1.82, 2.24) is 15.3 Å². The molecular weight excluding hydrogens is 236 g/mol. The highest BCUT2D eigenvalue weighted by molar-refractivity contribution is 5.30. The number of nitrogens with zero attached hydrogens (tertiary/aromatic N) is 2.